The van der Waals surface area contributed by atoms with E-state index in [1.807, 2.05) is 19.1 Å². The molecule has 10 heteroatoms. The van der Waals surface area contributed by atoms with Gasteiger partial charge in [0, 0.05) is 11.9 Å². The van der Waals surface area contributed by atoms with E-state index >= 15 is 0 Å². The number of rotatable bonds is 6. The lowest BCUT2D eigenvalue weighted by Gasteiger charge is -2.30. The van der Waals surface area contributed by atoms with Crippen LogP contribution >= 0.6 is 0 Å². The van der Waals surface area contributed by atoms with E-state index in [9.17, 15) is 24.0 Å². The molecule has 2 aromatic heterocycles. The van der Waals surface area contributed by atoms with Gasteiger partial charge in [-0.25, -0.2) is 9.36 Å². The Bertz CT molecular complexity index is 1660. The minimum atomic E-state index is -1.33. The highest BCUT2D eigenvalue weighted by Crippen LogP contribution is 2.21. The van der Waals surface area contributed by atoms with Crippen LogP contribution in [-0.2, 0) is 22.7 Å². The van der Waals surface area contributed by atoms with Gasteiger partial charge in [-0.15, -0.1) is 0 Å². The number of furan rings is 1. The summed E-state index contributed by atoms with van der Waals surface area (Å²) in [6.45, 7) is 3.21. The molecule has 0 saturated heterocycles. The second kappa shape index (κ2) is 9.77. The third-order valence-corrected chi connectivity index (χ3v) is 7.07. The fourth-order valence-electron chi connectivity index (χ4n) is 5.01. The van der Waals surface area contributed by atoms with E-state index in [1.54, 1.807) is 49.4 Å². The summed E-state index contributed by atoms with van der Waals surface area (Å²) in [7, 11) is 0. The van der Waals surface area contributed by atoms with E-state index < -0.39 is 34.7 Å². The molecule has 1 aliphatic rings. The highest BCUT2D eigenvalue weighted by atomic mass is 16.3. The number of carbonyl (C=O) groups is 3. The van der Waals surface area contributed by atoms with E-state index in [-0.39, 0.29) is 41.6 Å². The number of ketones is 1. The first kappa shape index (κ1) is 25.2. The first-order chi connectivity index (χ1) is 18.2. The lowest BCUT2D eigenvalue weighted by Crippen LogP contribution is -2.59. The van der Waals surface area contributed by atoms with Crippen molar-refractivity contribution in [3.05, 3.63) is 81.1 Å². The zero-order chi connectivity index (χ0) is 27.0. The lowest BCUT2D eigenvalue weighted by molar-refractivity contribution is -0.131. The van der Waals surface area contributed by atoms with Crippen LogP contribution in [0.1, 0.15) is 43.7 Å². The van der Waals surface area contributed by atoms with Crippen LogP contribution in [0, 0.1) is 0 Å². The molecule has 0 saturated carbocycles. The average molecular weight is 517 g/mol. The molecule has 196 valence electrons. The Hall–Kier alpha value is -4.47. The van der Waals surface area contributed by atoms with Crippen LogP contribution in [0.4, 0.5) is 0 Å². The zero-order valence-electron chi connectivity index (χ0n) is 21.2. The van der Waals surface area contributed by atoms with E-state index in [0.717, 1.165) is 10.1 Å². The molecule has 2 aromatic carbocycles. The molecule has 2 atom stereocenters. The first-order valence-electron chi connectivity index (χ1n) is 12.6. The fourth-order valence-corrected chi connectivity index (χ4v) is 5.01. The van der Waals surface area contributed by atoms with Gasteiger partial charge in [-0.3, -0.25) is 24.0 Å². The van der Waals surface area contributed by atoms with Crippen LogP contribution in [0.2, 0.25) is 0 Å². The molecule has 5 rings (SSSR count). The predicted molar refractivity (Wildman–Crippen MR) is 141 cm³/mol. The molecule has 0 aliphatic carbocycles. The third kappa shape index (κ3) is 4.42. The number of Topliss-reactive ketones (excluding diaryl/α,β-unsaturated/α-hetero) is 1. The molecule has 0 fully saturated rings. The summed E-state index contributed by atoms with van der Waals surface area (Å²) in [4.78, 5) is 65.7. The van der Waals surface area contributed by atoms with Crippen LogP contribution in [0.15, 0.2) is 68.6 Å². The zero-order valence-corrected chi connectivity index (χ0v) is 21.2. The smallest absolute Gasteiger partial charge is 0.287 e. The van der Waals surface area contributed by atoms with Crippen LogP contribution in [-0.4, -0.2) is 38.5 Å². The maximum atomic E-state index is 13.5. The molecule has 4 aromatic rings. The van der Waals surface area contributed by atoms with E-state index in [2.05, 4.69) is 10.6 Å². The second-order valence-electron chi connectivity index (χ2n) is 9.80. The molecule has 0 unspecified atom stereocenters. The minimum Gasteiger partial charge on any atom is -0.451 e. The molecule has 0 spiro atoms. The van der Waals surface area contributed by atoms with Gasteiger partial charge in [0.15, 0.2) is 11.5 Å². The molecular weight excluding hydrogens is 488 g/mol. The van der Waals surface area contributed by atoms with Gasteiger partial charge in [0.25, 0.3) is 17.0 Å². The number of hydrogen-bond donors (Lipinski definition) is 2. The monoisotopic (exact) mass is 516 g/mol. The number of benzene rings is 2. The molecule has 0 radical (unpaired) electrons. The summed E-state index contributed by atoms with van der Waals surface area (Å²) in [5.41, 5.74) is -1.57. The van der Waals surface area contributed by atoms with Gasteiger partial charge in [-0.1, -0.05) is 43.7 Å². The average Bonchev–Trinajstić information content (AvgIpc) is 3.28. The van der Waals surface area contributed by atoms with Gasteiger partial charge >= 0.3 is 0 Å². The van der Waals surface area contributed by atoms with Crippen LogP contribution in [0.25, 0.3) is 21.7 Å². The van der Waals surface area contributed by atoms with Crippen molar-refractivity contribution in [2.24, 2.45) is 0 Å². The maximum Gasteiger partial charge on any atom is 0.287 e. The number of amides is 2. The fraction of sp³-hybridized carbons (Fsp3) is 0.321. The molecule has 1 aliphatic heterocycles. The third-order valence-electron chi connectivity index (χ3n) is 7.07. The number of fused-ring (bicyclic) bond motifs is 3. The maximum absolute atomic E-state index is 13.5. The Morgan fingerprint density at radius 2 is 1.66 bits per heavy atom. The van der Waals surface area contributed by atoms with Crippen molar-refractivity contribution in [3.63, 3.8) is 0 Å². The van der Waals surface area contributed by atoms with E-state index in [0.29, 0.717) is 18.4 Å². The molecule has 0 bridgehead atoms. The van der Waals surface area contributed by atoms with E-state index in [1.165, 1.54) is 4.68 Å². The van der Waals surface area contributed by atoms with Crippen molar-refractivity contribution in [2.75, 3.05) is 0 Å². The van der Waals surface area contributed by atoms with Crippen molar-refractivity contribution >= 4 is 39.3 Å². The van der Waals surface area contributed by atoms with Crippen molar-refractivity contribution in [1.82, 2.24) is 20.0 Å². The Morgan fingerprint density at radius 1 is 1.00 bits per heavy atom. The summed E-state index contributed by atoms with van der Waals surface area (Å²) in [5, 5.41) is 6.84. The summed E-state index contributed by atoms with van der Waals surface area (Å²) in [6, 6.07) is 14.4. The van der Waals surface area contributed by atoms with Crippen LogP contribution < -0.4 is 21.8 Å². The molecule has 2 N–H and O–H groups in total. The van der Waals surface area contributed by atoms with Crippen molar-refractivity contribution in [2.45, 2.75) is 57.8 Å². The molecule has 10 nitrogen and oxygen atoms in total. The largest absolute Gasteiger partial charge is 0.451 e. The standard InChI is InChI=1S/C28H28N4O6/c1-3-13-28(2,30-24(34)23-15-17-8-4-7-11-22(17)38-23)27(37)29-20-12-14-31-25(35)18-9-5-6-10-19(18)26(36)32(31)16-21(20)33/h4-11,15,20H,3,12-14,16H2,1-2H3,(H,29,37)(H,30,34)/t20-,28-/m0/s1. The predicted octanol–water partition coefficient (Wildman–Crippen LogP) is 2.36. The van der Waals surface area contributed by atoms with Gasteiger partial charge in [-0.2, -0.15) is 0 Å². The van der Waals surface area contributed by atoms with Gasteiger partial charge < -0.3 is 15.1 Å². The summed E-state index contributed by atoms with van der Waals surface area (Å²) < 4.78 is 8.06. The SMILES string of the molecule is CCC[C@](C)(NC(=O)c1cc2ccccc2o1)C(=O)N[C@H]1CCn2c(=O)c3ccccc3c(=O)n2CC1=O. The quantitative estimate of drug-likeness (QED) is 0.404. The van der Waals surface area contributed by atoms with Gasteiger partial charge in [0.05, 0.1) is 16.8 Å². The van der Waals surface area contributed by atoms with Crippen molar-refractivity contribution < 1.29 is 18.8 Å². The molecule has 3 heterocycles. The minimum absolute atomic E-state index is 0.0748. The first-order valence-corrected chi connectivity index (χ1v) is 12.6. The normalized spacial score (nSPS) is 17.0. The van der Waals surface area contributed by atoms with E-state index in [4.69, 9.17) is 4.42 Å². The van der Waals surface area contributed by atoms with Gasteiger partial charge in [0.2, 0.25) is 5.91 Å². The summed E-state index contributed by atoms with van der Waals surface area (Å²) in [5.74, 6) is -1.40. The Balaban J connectivity index is 1.37. The van der Waals surface area contributed by atoms with Crippen LogP contribution in [0.3, 0.4) is 0 Å². The Kier molecular flexibility index (Phi) is 6.48. The Labute approximate surface area is 217 Å². The topological polar surface area (TPSA) is 132 Å². The molecule has 38 heavy (non-hydrogen) atoms. The lowest BCUT2D eigenvalue weighted by atomic mass is 9.93. The summed E-state index contributed by atoms with van der Waals surface area (Å²) in [6.07, 6.45) is 1.03. The number of carbonyl (C=O) groups excluding carboxylic acids is 3. The highest BCUT2D eigenvalue weighted by Gasteiger charge is 2.38. The van der Waals surface area contributed by atoms with Crippen molar-refractivity contribution in [3.8, 4) is 0 Å². The van der Waals surface area contributed by atoms with Crippen molar-refractivity contribution in [1.29, 1.82) is 0 Å². The molecule has 2 amide bonds. The van der Waals surface area contributed by atoms with Gasteiger partial charge in [0.1, 0.15) is 17.7 Å². The van der Waals surface area contributed by atoms with Crippen LogP contribution in [0.5, 0.6) is 0 Å². The number of nitrogens with zero attached hydrogens (tertiary/aromatic N) is 2. The highest BCUT2D eigenvalue weighted by molar-refractivity contribution is 6.01. The molecular formula is C28H28N4O6. The summed E-state index contributed by atoms with van der Waals surface area (Å²) >= 11 is 0. The Morgan fingerprint density at radius 3 is 2.34 bits per heavy atom. The second-order valence-corrected chi connectivity index (χ2v) is 9.80. The number of nitrogens with one attached hydrogen (secondary N) is 2. The number of hydrogen-bond acceptors (Lipinski definition) is 6. The number of para-hydroxylation sites is 1. The van der Waals surface area contributed by atoms with Gasteiger partial charge in [-0.05, 0) is 44.0 Å². The number of aromatic nitrogens is 2.